The number of rotatable bonds is 3. The molecule has 4 saturated heterocycles. The average molecular weight is 433 g/mol. The van der Waals surface area contributed by atoms with Gasteiger partial charge in [-0.1, -0.05) is 13.8 Å². The Kier molecular flexibility index (Phi) is 4.50. The minimum absolute atomic E-state index is 0.196. The highest BCUT2D eigenvalue weighted by Gasteiger charge is 2.69. The highest BCUT2D eigenvalue weighted by Crippen LogP contribution is 2.61. The van der Waals surface area contributed by atoms with E-state index in [9.17, 15) is 0 Å². The molecule has 0 N–H and O–H groups in total. The van der Waals surface area contributed by atoms with Crippen LogP contribution >= 0.6 is 0 Å². The number of fused-ring (bicyclic) bond motifs is 2. The van der Waals surface area contributed by atoms with Crippen LogP contribution in [0, 0.1) is 53.3 Å². The minimum atomic E-state index is -0.704. The molecular formula is C26H40O5. The van der Waals surface area contributed by atoms with Crippen LogP contribution in [-0.2, 0) is 24.0 Å². The van der Waals surface area contributed by atoms with Crippen LogP contribution in [-0.4, -0.2) is 30.6 Å². The predicted molar refractivity (Wildman–Crippen MR) is 113 cm³/mol. The second-order valence-electron chi connectivity index (χ2n) is 12.7. The fourth-order valence-electron chi connectivity index (χ4n) is 9.58. The zero-order valence-corrected chi connectivity index (χ0v) is 19.5. The monoisotopic (exact) mass is 432 g/mol. The second kappa shape index (κ2) is 6.91. The van der Waals surface area contributed by atoms with E-state index in [4.69, 9.17) is 24.0 Å². The fourth-order valence-corrected chi connectivity index (χ4v) is 9.58. The van der Waals surface area contributed by atoms with E-state index in [1.54, 1.807) is 0 Å². The Morgan fingerprint density at radius 1 is 0.871 bits per heavy atom. The lowest BCUT2D eigenvalue weighted by Crippen LogP contribution is -2.70. The molecule has 0 aromatic heterocycles. The molecule has 5 heteroatoms. The molecule has 4 aliphatic heterocycles. The zero-order chi connectivity index (χ0) is 21.0. The molecule has 8 atom stereocenters. The molecule has 6 bridgehead atoms. The van der Waals surface area contributed by atoms with E-state index in [0.29, 0.717) is 17.8 Å². The van der Waals surface area contributed by atoms with E-state index in [2.05, 4.69) is 13.8 Å². The van der Waals surface area contributed by atoms with Crippen LogP contribution in [0.3, 0.4) is 0 Å². The van der Waals surface area contributed by atoms with Gasteiger partial charge in [-0.15, -0.1) is 0 Å². The molecule has 9 fully saturated rings. The molecule has 1 spiro atoms. The van der Waals surface area contributed by atoms with E-state index < -0.39 is 11.4 Å². The first kappa shape index (κ1) is 20.2. The summed E-state index contributed by atoms with van der Waals surface area (Å²) in [5.74, 6) is 5.52. The first-order valence-corrected chi connectivity index (χ1v) is 13.3. The number of hydrogen-bond acceptors (Lipinski definition) is 5. The van der Waals surface area contributed by atoms with Crippen molar-refractivity contribution in [2.45, 2.75) is 103 Å². The van der Waals surface area contributed by atoms with Crippen LogP contribution in [0.4, 0.5) is 0 Å². The summed E-state index contributed by atoms with van der Waals surface area (Å²) in [6, 6.07) is 0. The normalized spacial score (nSPS) is 61.8. The molecule has 174 valence electrons. The first-order chi connectivity index (χ1) is 15.0. The number of hydrogen-bond donors (Lipinski definition) is 0. The molecule has 4 heterocycles. The lowest BCUT2D eigenvalue weighted by molar-refractivity contribution is -0.577. The molecule has 0 aromatic rings. The Morgan fingerprint density at radius 2 is 1.61 bits per heavy atom. The number of ether oxygens (including phenoxy) is 3. The van der Waals surface area contributed by atoms with Gasteiger partial charge in [0.25, 0.3) is 0 Å². The Morgan fingerprint density at radius 3 is 2.35 bits per heavy atom. The van der Waals surface area contributed by atoms with E-state index in [1.807, 2.05) is 6.92 Å². The van der Waals surface area contributed by atoms with Crippen molar-refractivity contribution in [1.29, 1.82) is 0 Å². The molecule has 0 radical (unpaired) electrons. The second-order valence-corrected chi connectivity index (χ2v) is 12.7. The summed E-state index contributed by atoms with van der Waals surface area (Å²) in [7, 11) is 0. The van der Waals surface area contributed by atoms with Crippen molar-refractivity contribution in [3.05, 3.63) is 0 Å². The molecule has 1 unspecified atom stereocenters. The minimum Gasteiger partial charge on any atom is -0.352 e. The Balaban J connectivity index is 1.12. The van der Waals surface area contributed by atoms with Gasteiger partial charge in [-0.05, 0) is 99.7 Å². The third-order valence-corrected chi connectivity index (χ3v) is 11.0. The molecular weight excluding hydrogens is 392 g/mol. The lowest BCUT2D eigenvalue weighted by Gasteiger charge is -2.60. The largest absolute Gasteiger partial charge is 0.352 e. The van der Waals surface area contributed by atoms with Gasteiger partial charge in [0.05, 0.1) is 6.61 Å². The van der Waals surface area contributed by atoms with Gasteiger partial charge in [-0.25, -0.2) is 9.78 Å². The molecule has 5 saturated carbocycles. The van der Waals surface area contributed by atoms with E-state index in [0.717, 1.165) is 55.5 Å². The maximum Gasteiger partial charge on any atom is 0.201 e. The van der Waals surface area contributed by atoms with Gasteiger partial charge in [0.1, 0.15) is 0 Å². The predicted octanol–water partition coefficient (Wildman–Crippen LogP) is 5.28. The summed E-state index contributed by atoms with van der Waals surface area (Å²) >= 11 is 0. The summed E-state index contributed by atoms with van der Waals surface area (Å²) in [6.45, 7) is 7.55. The van der Waals surface area contributed by atoms with Crippen LogP contribution in [0.15, 0.2) is 0 Å². The van der Waals surface area contributed by atoms with Crippen molar-refractivity contribution in [1.82, 2.24) is 0 Å². The van der Waals surface area contributed by atoms with Gasteiger partial charge >= 0.3 is 0 Å². The van der Waals surface area contributed by atoms with Gasteiger partial charge in [-0.3, -0.25) is 0 Å². The summed E-state index contributed by atoms with van der Waals surface area (Å²) in [5.41, 5.74) is -0.477. The van der Waals surface area contributed by atoms with Crippen LogP contribution < -0.4 is 0 Å². The van der Waals surface area contributed by atoms with Crippen LogP contribution in [0.1, 0.15) is 78.6 Å². The molecule has 0 amide bonds. The van der Waals surface area contributed by atoms with Crippen LogP contribution in [0.25, 0.3) is 0 Å². The quantitative estimate of drug-likeness (QED) is 0.568. The molecule has 5 nitrogen and oxygen atoms in total. The van der Waals surface area contributed by atoms with Crippen LogP contribution in [0.2, 0.25) is 0 Å². The zero-order valence-electron chi connectivity index (χ0n) is 19.5. The van der Waals surface area contributed by atoms with Gasteiger partial charge in [0, 0.05) is 18.3 Å². The Labute approximate surface area is 186 Å². The van der Waals surface area contributed by atoms with Gasteiger partial charge < -0.3 is 14.2 Å². The van der Waals surface area contributed by atoms with Crippen molar-refractivity contribution in [3.63, 3.8) is 0 Å². The third-order valence-electron chi connectivity index (χ3n) is 11.0. The molecule has 31 heavy (non-hydrogen) atoms. The molecule has 9 rings (SSSR count). The van der Waals surface area contributed by atoms with E-state index in [1.165, 1.54) is 38.5 Å². The van der Waals surface area contributed by atoms with E-state index >= 15 is 0 Å². The van der Waals surface area contributed by atoms with Crippen molar-refractivity contribution in [2.75, 3.05) is 6.61 Å². The average Bonchev–Trinajstić information content (AvgIpc) is 2.96. The molecule has 0 aromatic carbocycles. The third kappa shape index (κ3) is 2.86. The maximum atomic E-state index is 6.67. The van der Waals surface area contributed by atoms with Gasteiger partial charge in [-0.2, -0.15) is 0 Å². The first-order valence-electron chi connectivity index (χ1n) is 13.3. The summed E-state index contributed by atoms with van der Waals surface area (Å²) in [4.78, 5) is 12.2. The van der Waals surface area contributed by atoms with Gasteiger partial charge in [0.2, 0.25) is 5.79 Å². The van der Waals surface area contributed by atoms with E-state index in [-0.39, 0.29) is 18.5 Å². The van der Waals surface area contributed by atoms with Gasteiger partial charge in [0.15, 0.2) is 18.2 Å². The van der Waals surface area contributed by atoms with Crippen molar-refractivity contribution < 1.29 is 24.0 Å². The fraction of sp³-hybridized carbons (Fsp3) is 1.00. The summed E-state index contributed by atoms with van der Waals surface area (Å²) < 4.78 is 19.8. The van der Waals surface area contributed by atoms with Crippen molar-refractivity contribution in [3.8, 4) is 0 Å². The summed E-state index contributed by atoms with van der Waals surface area (Å²) in [6.07, 6.45) is 11.0. The smallest absolute Gasteiger partial charge is 0.201 e. The Hall–Kier alpha value is -0.200. The molecule has 9 aliphatic rings. The van der Waals surface area contributed by atoms with Crippen LogP contribution in [0.5, 0.6) is 0 Å². The Bertz CT molecular complexity index is 699. The maximum absolute atomic E-state index is 6.67. The van der Waals surface area contributed by atoms with Crippen molar-refractivity contribution in [2.24, 2.45) is 53.3 Å². The summed E-state index contributed by atoms with van der Waals surface area (Å²) in [5, 5.41) is 0. The SMILES string of the molecule is C[C@@H]1CC[C@H]2[C@@H](C)C(OCC3C4CC5CC(C4)CC3C5)O[C@@H]3O[C@@]4(C)CC[C@@H]1[C@]32OO4. The highest BCUT2D eigenvalue weighted by molar-refractivity contribution is 5.09. The standard InChI is InChI=1S/C26H40O5/c1-14-4-5-22-15(2)23(27-13-20-18-9-16-8-17(11-18)12-19(20)10-16)28-24-26(22)21(14)6-7-25(3,29-24)30-31-26/h14-24H,4-13H2,1-3H3/t14-,15-,16?,17?,18?,19?,20?,21+,22+,23?,24-,25-,26-/m1/s1. The van der Waals surface area contributed by atoms with Crippen molar-refractivity contribution >= 4 is 0 Å². The lowest BCUT2D eigenvalue weighted by atomic mass is 9.52. The highest BCUT2D eigenvalue weighted by atomic mass is 17.3. The molecule has 5 aliphatic carbocycles. The topological polar surface area (TPSA) is 46.2 Å².